The van der Waals surface area contributed by atoms with E-state index in [4.69, 9.17) is 10.6 Å². The lowest BCUT2D eigenvalue weighted by Gasteiger charge is -2.09. The van der Waals surface area contributed by atoms with Gasteiger partial charge in [0, 0.05) is 6.42 Å². The third-order valence-electron chi connectivity index (χ3n) is 2.17. The summed E-state index contributed by atoms with van der Waals surface area (Å²) in [5.74, 6) is 4.83. The first-order valence-electron chi connectivity index (χ1n) is 4.37. The summed E-state index contributed by atoms with van der Waals surface area (Å²) >= 11 is 0. The Labute approximate surface area is 84.6 Å². The molecule has 0 radical (unpaired) electrons. The molecule has 0 bridgehead atoms. The highest BCUT2D eigenvalue weighted by atomic mass is 35.5. The maximum absolute atomic E-state index is 10.8. The van der Waals surface area contributed by atoms with Crippen molar-refractivity contribution in [2.24, 2.45) is 5.84 Å². The molecule has 5 heteroatoms. The van der Waals surface area contributed by atoms with Crippen LogP contribution in [0.4, 0.5) is 0 Å². The summed E-state index contributed by atoms with van der Waals surface area (Å²) in [5, 5.41) is 0. The summed E-state index contributed by atoms with van der Waals surface area (Å²) in [7, 11) is 0. The SMILES string of the molecule is CC1CCC(CCC(=O)NN)O1.Cl. The van der Waals surface area contributed by atoms with Crippen LogP contribution in [0.5, 0.6) is 0 Å². The van der Waals surface area contributed by atoms with Gasteiger partial charge in [0.05, 0.1) is 12.2 Å². The maximum atomic E-state index is 10.8. The van der Waals surface area contributed by atoms with Crippen LogP contribution >= 0.6 is 12.4 Å². The van der Waals surface area contributed by atoms with Gasteiger partial charge >= 0.3 is 0 Å². The molecular formula is C8H17ClN2O2. The Balaban J connectivity index is 0.00000144. The molecule has 0 aromatic rings. The van der Waals surface area contributed by atoms with Crippen molar-refractivity contribution < 1.29 is 9.53 Å². The van der Waals surface area contributed by atoms with Gasteiger partial charge in [-0.25, -0.2) is 5.84 Å². The number of amides is 1. The second-order valence-corrected chi connectivity index (χ2v) is 3.25. The lowest BCUT2D eigenvalue weighted by Crippen LogP contribution is -2.30. The molecule has 1 rings (SSSR count). The first-order chi connectivity index (χ1) is 5.72. The van der Waals surface area contributed by atoms with Crippen molar-refractivity contribution in [3.8, 4) is 0 Å². The third kappa shape index (κ3) is 4.45. The third-order valence-corrected chi connectivity index (χ3v) is 2.17. The van der Waals surface area contributed by atoms with Gasteiger partial charge in [-0.05, 0) is 26.2 Å². The Hall–Kier alpha value is -0.320. The standard InChI is InChI=1S/C8H16N2O2.ClH/c1-6-2-3-7(12-6)4-5-8(11)10-9;/h6-7H,2-5,9H2,1H3,(H,10,11);1H. The number of nitrogens with two attached hydrogens (primary N) is 1. The minimum absolute atomic E-state index is 0. The molecule has 1 fully saturated rings. The number of nitrogens with one attached hydrogen (secondary N) is 1. The van der Waals surface area contributed by atoms with Crippen LogP contribution in [0.1, 0.15) is 32.6 Å². The van der Waals surface area contributed by atoms with Crippen molar-refractivity contribution in [1.29, 1.82) is 0 Å². The van der Waals surface area contributed by atoms with E-state index in [0.717, 1.165) is 19.3 Å². The lowest BCUT2D eigenvalue weighted by atomic mass is 10.1. The molecule has 3 N–H and O–H groups in total. The number of rotatable bonds is 3. The quantitative estimate of drug-likeness (QED) is 0.409. The molecule has 0 aliphatic carbocycles. The van der Waals surface area contributed by atoms with Crippen LogP contribution in [0.15, 0.2) is 0 Å². The largest absolute Gasteiger partial charge is 0.375 e. The maximum Gasteiger partial charge on any atom is 0.233 e. The molecule has 2 atom stereocenters. The van der Waals surface area contributed by atoms with E-state index >= 15 is 0 Å². The van der Waals surface area contributed by atoms with Gasteiger partial charge in [-0.3, -0.25) is 10.2 Å². The van der Waals surface area contributed by atoms with Crippen LogP contribution in [-0.4, -0.2) is 18.1 Å². The Morgan fingerprint density at radius 3 is 2.77 bits per heavy atom. The van der Waals surface area contributed by atoms with Crippen LogP contribution in [-0.2, 0) is 9.53 Å². The van der Waals surface area contributed by atoms with Crippen molar-refractivity contribution in [3.05, 3.63) is 0 Å². The summed E-state index contributed by atoms with van der Waals surface area (Å²) in [6.07, 6.45) is 4.04. The Bertz CT molecular complexity index is 166. The van der Waals surface area contributed by atoms with Crippen molar-refractivity contribution >= 4 is 18.3 Å². The summed E-state index contributed by atoms with van der Waals surface area (Å²) in [6, 6.07) is 0. The molecule has 1 saturated heterocycles. The van der Waals surface area contributed by atoms with Crippen LogP contribution < -0.4 is 11.3 Å². The molecule has 2 unspecified atom stereocenters. The lowest BCUT2D eigenvalue weighted by molar-refractivity contribution is -0.121. The first kappa shape index (κ1) is 12.7. The molecule has 0 aromatic carbocycles. The zero-order valence-electron chi connectivity index (χ0n) is 7.79. The van der Waals surface area contributed by atoms with E-state index in [-0.39, 0.29) is 24.4 Å². The van der Waals surface area contributed by atoms with Gasteiger partial charge in [0.2, 0.25) is 5.91 Å². The highest BCUT2D eigenvalue weighted by Crippen LogP contribution is 2.22. The zero-order valence-corrected chi connectivity index (χ0v) is 8.60. The predicted octanol–water partition coefficient (Wildman–Crippen LogP) is 0.746. The Morgan fingerprint density at radius 1 is 1.62 bits per heavy atom. The predicted molar refractivity (Wildman–Crippen MR) is 52.4 cm³/mol. The minimum Gasteiger partial charge on any atom is -0.375 e. The molecule has 0 aromatic heterocycles. The van der Waals surface area contributed by atoms with Crippen molar-refractivity contribution in [2.45, 2.75) is 44.8 Å². The van der Waals surface area contributed by atoms with Gasteiger partial charge in [0.25, 0.3) is 0 Å². The van der Waals surface area contributed by atoms with Crippen LogP contribution in [0.25, 0.3) is 0 Å². The van der Waals surface area contributed by atoms with E-state index in [9.17, 15) is 4.79 Å². The van der Waals surface area contributed by atoms with Gasteiger partial charge in [-0.15, -0.1) is 12.4 Å². The molecule has 0 spiro atoms. The molecule has 13 heavy (non-hydrogen) atoms. The normalized spacial score (nSPS) is 26.6. The smallest absolute Gasteiger partial charge is 0.233 e. The molecule has 1 heterocycles. The summed E-state index contributed by atoms with van der Waals surface area (Å²) < 4.78 is 5.54. The van der Waals surface area contributed by atoms with Crippen molar-refractivity contribution in [1.82, 2.24) is 5.43 Å². The molecule has 4 nitrogen and oxygen atoms in total. The number of carbonyl (C=O) groups is 1. The number of hydrogen-bond acceptors (Lipinski definition) is 3. The van der Waals surface area contributed by atoms with E-state index in [1.165, 1.54) is 0 Å². The van der Waals surface area contributed by atoms with Gasteiger partial charge in [-0.1, -0.05) is 0 Å². The second kappa shape index (κ2) is 6.18. The average Bonchev–Trinajstić information content (AvgIpc) is 2.47. The summed E-state index contributed by atoms with van der Waals surface area (Å²) in [4.78, 5) is 10.8. The van der Waals surface area contributed by atoms with Gasteiger partial charge < -0.3 is 4.74 Å². The summed E-state index contributed by atoms with van der Waals surface area (Å²) in [5.41, 5.74) is 2.11. The fourth-order valence-corrected chi connectivity index (χ4v) is 1.46. The number of carbonyl (C=O) groups excluding carboxylic acids is 1. The molecule has 1 aliphatic heterocycles. The second-order valence-electron chi connectivity index (χ2n) is 3.25. The molecule has 78 valence electrons. The zero-order chi connectivity index (χ0) is 8.97. The van der Waals surface area contributed by atoms with Crippen LogP contribution in [0.2, 0.25) is 0 Å². The van der Waals surface area contributed by atoms with Crippen molar-refractivity contribution in [2.75, 3.05) is 0 Å². The molecular weight excluding hydrogens is 192 g/mol. The number of ether oxygens (including phenoxy) is 1. The van der Waals surface area contributed by atoms with E-state index in [1.807, 2.05) is 0 Å². The summed E-state index contributed by atoms with van der Waals surface area (Å²) in [6.45, 7) is 2.06. The average molecular weight is 209 g/mol. The number of hydrogen-bond donors (Lipinski definition) is 2. The van der Waals surface area contributed by atoms with Crippen molar-refractivity contribution in [3.63, 3.8) is 0 Å². The highest BCUT2D eigenvalue weighted by molar-refractivity contribution is 5.85. The molecule has 1 amide bonds. The fourth-order valence-electron chi connectivity index (χ4n) is 1.46. The van der Waals surface area contributed by atoms with E-state index in [0.29, 0.717) is 12.5 Å². The Kier molecular flexibility index (Phi) is 6.03. The molecule has 0 saturated carbocycles. The monoisotopic (exact) mass is 208 g/mol. The topological polar surface area (TPSA) is 64.4 Å². The van der Waals surface area contributed by atoms with E-state index < -0.39 is 0 Å². The van der Waals surface area contributed by atoms with Crippen LogP contribution in [0, 0.1) is 0 Å². The molecule has 1 aliphatic rings. The van der Waals surface area contributed by atoms with Gasteiger partial charge in [-0.2, -0.15) is 0 Å². The van der Waals surface area contributed by atoms with Gasteiger partial charge in [0.15, 0.2) is 0 Å². The minimum atomic E-state index is -0.113. The highest BCUT2D eigenvalue weighted by Gasteiger charge is 2.21. The van der Waals surface area contributed by atoms with E-state index in [2.05, 4.69) is 12.3 Å². The number of halogens is 1. The fraction of sp³-hybridized carbons (Fsp3) is 0.875. The first-order valence-corrected chi connectivity index (χ1v) is 4.37. The van der Waals surface area contributed by atoms with Crippen LogP contribution in [0.3, 0.4) is 0 Å². The Morgan fingerprint density at radius 2 is 2.31 bits per heavy atom. The number of hydrazine groups is 1. The van der Waals surface area contributed by atoms with E-state index in [1.54, 1.807) is 0 Å². The van der Waals surface area contributed by atoms with Gasteiger partial charge in [0.1, 0.15) is 0 Å².